The van der Waals surface area contributed by atoms with Crippen LogP contribution < -0.4 is 20.1 Å². The van der Waals surface area contributed by atoms with Crippen LogP contribution in [0.2, 0.25) is 5.02 Å². The molecule has 1 heterocycles. The van der Waals surface area contributed by atoms with Gasteiger partial charge >= 0.3 is 0 Å². The fourth-order valence-corrected chi connectivity index (χ4v) is 3.69. The van der Waals surface area contributed by atoms with Crippen LogP contribution >= 0.6 is 23.8 Å². The van der Waals surface area contributed by atoms with Gasteiger partial charge in [0.1, 0.15) is 6.61 Å². The first kappa shape index (κ1) is 21.9. The maximum Gasteiger partial charge on any atom is 0.171 e. The van der Waals surface area contributed by atoms with Crippen molar-refractivity contribution in [2.24, 2.45) is 5.41 Å². The SMILES string of the molecule is COc1cc([C@H]2NC(=S)NC(C(C)(C)C)=C2C#N)ccc1OCc1ccccc1Cl. The average molecular weight is 442 g/mol. The third kappa shape index (κ3) is 4.69. The van der Waals surface area contributed by atoms with E-state index in [4.69, 9.17) is 33.3 Å². The predicted octanol–water partition coefficient (Wildman–Crippen LogP) is 5.27. The molecule has 3 rings (SSSR count). The summed E-state index contributed by atoms with van der Waals surface area (Å²) in [5.41, 5.74) is 2.91. The van der Waals surface area contributed by atoms with Gasteiger partial charge in [0.2, 0.25) is 0 Å². The molecule has 7 heteroatoms. The standard InChI is InChI=1S/C23H24ClN3O2S/c1-23(2,3)21-16(12-25)20(26-22(30)27-21)14-9-10-18(19(11-14)28-4)29-13-15-7-5-6-8-17(15)24/h5-11,20H,13H2,1-4H3,(H2,26,27,30)/t20-/m1/s1. The summed E-state index contributed by atoms with van der Waals surface area (Å²) in [6.07, 6.45) is 0. The molecule has 0 saturated carbocycles. The Morgan fingerprint density at radius 3 is 2.53 bits per heavy atom. The van der Waals surface area contributed by atoms with Crippen LogP contribution in [0.3, 0.4) is 0 Å². The van der Waals surface area contributed by atoms with Gasteiger partial charge in [-0.3, -0.25) is 0 Å². The van der Waals surface area contributed by atoms with Gasteiger partial charge in [0.05, 0.1) is 24.8 Å². The van der Waals surface area contributed by atoms with Crippen LogP contribution in [0.5, 0.6) is 11.5 Å². The third-order valence-corrected chi connectivity index (χ3v) is 5.39. The van der Waals surface area contributed by atoms with E-state index in [0.29, 0.717) is 33.8 Å². The van der Waals surface area contributed by atoms with Crippen molar-refractivity contribution < 1.29 is 9.47 Å². The molecule has 0 radical (unpaired) electrons. The van der Waals surface area contributed by atoms with Gasteiger partial charge in [0.15, 0.2) is 16.6 Å². The summed E-state index contributed by atoms with van der Waals surface area (Å²) in [6, 6.07) is 15.1. The second-order valence-electron chi connectivity index (χ2n) is 7.97. The summed E-state index contributed by atoms with van der Waals surface area (Å²) in [5.74, 6) is 1.16. The van der Waals surface area contributed by atoms with Crippen molar-refractivity contribution in [2.75, 3.05) is 7.11 Å². The Balaban J connectivity index is 1.93. The Morgan fingerprint density at radius 2 is 1.90 bits per heavy atom. The Hall–Kier alpha value is -2.75. The predicted molar refractivity (Wildman–Crippen MR) is 122 cm³/mol. The molecule has 0 bridgehead atoms. The van der Waals surface area contributed by atoms with E-state index < -0.39 is 0 Å². The molecule has 0 aliphatic carbocycles. The Bertz CT molecular complexity index is 1040. The lowest BCUT2D eigenvalue weighted by molar-refractivity contribution is 0.284. The van der Waals surface area contributed by atoms with Crippen molar-refractivity contribution in [1.82, 2.24) is 10.6 Å². The van der Waals surface area contributed by atoms with E-state index in [9.17, 15) is 5.26 Å². The van der Waals surface area contributed by atoms with Gasteiger partial charge in [-0.2, -0.15) is 5.26 Å². The molecule has 1 atom stereocenters. The Morgan fingerprint density at radius 1 is 1.17 bits per heavy atom. The first-order valence-corrected chi connectivity index (χ1v) is 10.3. The first-order valence-electron chi connectivity index (χ1n) is 9.51. The summed E-state index contributed by atoms with van der Waals surface area (Å²) in [4.78, 5) is 0. The molecule has 156 valence electrons. The van der Waals surface area contributed by atoms with Crippen molar-refractivity contribution in [2.45, 2.75) is 33.4 Å². The molecule has 2 aromatic carbocycles. The largest absolute Gasteiger partial charge is 0.493 e. The monoisotopic (exact) mass is 441 g/mol. The average Bonchev–Trinajstić information content (AvgIpc) is 2.71. The highest BCUT2D eigenvalue weighted by atomic mass is 35.5. The quantitative estimate of drug-likeness (QED) is 0.616. The van der Waals surface area contributed by atoms with Crippen LogP contribution in [0.25, 0.3) is 0 Å². The normalized spacial score (nSPS) is 16.4. The third-order valence-electron chi connectivity index (χ3n) is 4.80. The minimum Gasteiger partial charge on any atom is -0.493 e. The van der Waals surface area contributed by atoms with Gasteiger partial charge in [-0.05, 0) is 36.0 Å². The number of benzene rings is 2. The summed E-state index contributed by atoms with van der Waals surface area (Å²) in [6.45, 7) is 6.46. The molecule has 5 nitrogen and oxygen atoms in total. The molecule has 0 unspecified atom stereocenters. The Labute approximate surface area is 187 Å². The van der Waals surface area contributed by atoms with Crippen molar-refractivity contribution in [3.8, 4) is 17.6 Å². The zero-order chi connectivity index (χ0) is 21.9. The number of nitriles is 1. The van der Waals surface area contributed by atoms with Crippen LogP contribution in [-0.2, 0) is 6.61 Å². The van der Waals surface area contributed by atoms with E-state index in [0.717, 1.165) is 16.8 Å². The molecular weight excluding hydrogens is 418 g/mol. The van der Waals surface area contributed by atoms with Crippen molar-refractivity contribution in [3.63, 3.8) is 0 Å². The lowest BCUT2D eigenvalue weighted by atomic mass is 9.84. The number of halogens is 1. The number of hydrogen-bond acceptors (Lipinski definition) is 4. The van der Waals surface area contributed by atoms with Gasteiger partial charge in [0, 0.05) is 21.7 Å². The maximum atomic E-state index is 9.86. The highest BCUT2D eigenvalue weighted by molar-refractivity contribution is 7.80. The van der Waals surface area contributed by atoms with Gasteiger partial charge in [0.25, 0.3) is 0 Å². The van der Waals surface area contributed by atoms with E-state index in [1.165, 1.54) is 0 Å². The number of ether oxygens (including phenoxy) is 2. The van der Waals surface area contributed by atoms with Crippen LogP contribution in [0, 0.1) is 16.7 Å². The summed E-state index contributed by atoms with van der Waals surface area (Å²) >= 11 is 11.6. The highest BCUT2D eigenvalue weighted by Crippen LogP contribution is 2.37. The molecule has 0 fully saturated rings. The van der Waals surface area contributed by atoms with Crippen molar-refractivity contribution in [3.05, 3.63) is 69.9 Å². The zero-order valence-electron chi connectivity index (χ0n) is 17.4. The molecule has 2 N–H and O–H groups in total. The van der Waals surface area contributed by atoms with Gasteiger partial charge in [-0.15, -0.1) is 0 Å². The van der Waals surface area contributed by atoms with Gasteiger partial charge < -0.3 is 20.1 Å². The second-order valence-corrected chi connectivity index (χ2v) is 8.79. The number of rotatable bonds is 5. The molecule has 0 amide bonds. The van der Waals surface area contributed by atoms with Crippen molar-refractivity contribution in [1.29, 1.82) is 5.26 Å². The number of thiocarbonyl (C=S) groups is 1. The lowest BCUT2D eigenvalue weighted by Gasteiger charge is -2.35. The molecule has 30 heavy (non-hydrogen) atoms. The Kier molecular flexibility index (Phi) is 6.55. The topological polar surface area (TPSA) is 66.3 Å². The molecule has 1 aliphatic heterocycles. The summed E-state index contributed by atoms with van der Waals surface area (Å²) < 4.78 is 11.5. The lowest BCUT2D eigenvalue weighted by Crippen LogP contribution is -2.46. The van der Waals surface area contributed by atoms with Gasteiger partial charge in [-0.25, -0.2) is 0 Å². The summed E-state index contributed by atoms with van der Waals surface area (Å²) in [7, 11) is 1.59. The molecule has 0 spiro atoms. The minimum absolute atomic E-state index is 0.252. The molecular formula is C23H24ClN3O2S. The fourth-order valence-electron chi connectivity index (χ4n) is 3.28. The number of hydrogen-bond donors (Lipinski definition) is 2. The second kappa shape index (κ2) is 8.95. The van der Waals surface area contributed by atoms with E-state index in [-0.39, 0.29) is 11.5 Å². The first-order chi connectivity index (χ1) is 14.2. The smallest absolute Gasteiger partial charge is 0.171 e. The molecule has 0 saturated heterocycles. The van der Waals surface area contributed by atoms with Gasteiger partial charge in [-0.1, -0.05) is 56.6 Å². The van der Waals surface area contributed by atoms with Crippen LogP contribution in [0.1, 0.15) is 37.9 Å². The maximum absolute atomic E-state index is 9.86. The van der Waals surface area contributed by atoms with E-state index in [1.54, 1.807) is 7.11 Å². The van der Waals surface area contributed by atoms with E-state index in [2.05, 4.69) is 16.7 Å². The van der Waals surface area contributed by atoms with Crippen LogP contribution in [0.4, 0.5) is 0 Å². The van der Waals surface area contributed by atoms with Crippen molar-refractivity contribution >= 4 is 28.9 Å². The molecule has 2 aromatic rings. The number of nitrogens with zero attached hydrogens (tertiary/aromatic N) is 1. The fraction of sp³-hybridized carbons (Fsp3) is 0.304. The zero-order valence-corrected chi connectivity index (χ0v) is 18.9. The highest BCUT2D eigenvalue weighted by Gasteiger charge is 2.32. The minimum atomic E-state index is -0.371. The number of nitrogens with one attached hydrogen (secondary N) is 2. The van der Waals surface area contributed by atoms with Crippen LogP contribution in [-0.4, -0.2) is 12.2 Å². The molecule has 0 aromatic heterocycles. The van der Waals surface area contributed by atoms with E-state index in [1.807, 2.05) is 63.2 Å². The summed E-state index contributed by atoms with van der Waals surface area (Å²) in [5, 5.41) is 17.3. The number of methoxy groups -OCH3 is 1. The number of allylic oxidation sites excluding steroid dienone is 1. The molecule has 1 aliphatic rings. The van der Waals surface area contributed by atoms with Crippen LogP contribution in [0.15, 0.2) is 53.7 Å². The van der Waals surface area contributed by atoms with E-state index >= 15 is 0 Å².